The molecule has 0 heterocycles. The van der Waals surface area contributed by atoms with E-state index in [1.807, 2.05) is 6.08 Å². The second-order valence-electron chi connectivity index (χ2n) is 5.25. The molecule has 0 spiro atoms. The van der Waals surface area contributed by atoms with Gasteiger partial charge in [0.1, 0.15) is 0 Å². The number of benzene rings is 1. The highest BCUT2D eigenvalue weighted by Gasteiger charge is 2.16. The molecule has 1 heteroatoms. The normalized spacial score (nSPS) is 12.6. The lowest BCUT2D eigenvalue weighted by atomic mass is 9.99. The van der Waals surface area contributed by atoms with Crippen LogP contribution in [0.1, 0.15) is 63.6 Å². The highest BCUT2D eigenvalue weighted by Crippen LogP contribution is 2.25. The summed E-state index contributed by atoms with van der Waals surface area (Å²) in [6.07, 6.45) is 7.06. The van der Waals surface area contributed by atoms with E-state index in [1.165, 1.54) is 49.9 Å². The summed E-state index contributed by atoms with van der Waals surface area (Å²) in [7, 11) is 0. The number of hydrogen-bond donors (Lipinski definition) is 0. The van der Waals surface area contributed by atoms with Crippen LogP contribution in [0.25, 0.3) is 6.08 Å². The van der Waals surface area contributed by atoms with Crippen molar-refractivity contribution in [1.29, 1.82) is 0 Å². The molecular weight excluding hydrogens is 230 g/mol. The first-order valence-corrected chi connectivity index (χ1v) is 7.70. The van der Waals surface area contributed by atoms with Crippen LogP contribution in [0.4, 0.5) is 0 Å². The van der Waals surface area contributed by atoms with Gasteiger partial charge < -0.3 is 0 Å². The SMILES string of the molecule is C=Cc1ccccc1C(C)N(CCCC)CCCC. The van der Waals surface area contributed by atoms with Gasteiger partial charge in [0.05, 0.1) is 0 Å². The average Bonchev–Trinajstić information content (AvgIpc) is 2.46. The molecule has 19 heavy (non-hydrogen) atoms. The first-order valence-electron chi connectivity index (χ1n) is 7.70. The quantitative estimate of drug-likeness (QED) is 0.582. The Morgan fingerprint density at radius 2 is 1.68 bits per heavy atom. The summed E-state index contributed by atoms with van der Waals surface area (Å²) in [5.41, 5.74) is 2.68. The smallest absolute Gasteiger partial charge is 0.0325 e. The van der Waals surface area contributed by atoms with Crippen LogP contribution < -0.4 is 0 Å². The fraction of sp³-hybridized carbons (Fsp3) is 0.556. The average molecular weight is 259 g/mol. The molecule has 0 fully saturated rings. The number of nitrogens with zero attached hydrogens (tertiary/aromatic N) is 1. The van der Waals surface area contributed by atoms with Crippen LogP contribution in [-0.2, 0) is 0 Å². The third-order valence-corrected chi connectivity index (χ3v) is 3.81. The third-order valence-electron chi connectivity index (χ3n) is 3.81. The van der Waals surface area contributed by atoms with Crippen LogP contribution in [0, 0.1) is 0 Å². The van der Waals surface area contributed by atoms with Crippen LogP contribution in [0.15, 0.2) is 30.8 Å². The summed E-state index contributed by atoms with van der Waals surface area (Å²) >= 11 is 0. The van der Waals surface area contributed by atoms with E-state index in [9.17, 15) is 0 Å². The first-order chi connectivity index (χ1) is 9.24. The fourth-order valence-electron chi connectivity index (χ4n) is 2.50. The molecule has 1 atom stereocenters. The third kappa shape index (κ3) is 4.83. The monoisotopic (exact) mass is 259 g/mol. The van der Waals surface area contributed by atoms with Crippen molar-refractivity contribution < 1.29 is 0 Å². The van der Waals surface area contributed by atoms with E-state index in [0.717, 1.165) is 0 Å². The number of hydrogen-bond acceptors (Lipinski definition) is 1. The van der Waals surface area contributed by atoms with Crippen LogP contribution >= 0.6 is 0 Å². The van der Waals surface area contributed by atoms with Gasteiger partial charge in [-0.25, -0.2) is 0 Å². The molecular formula is C18H29N. The molecule has 1 nitrogen and oxygen atoms in total. The standard InChI is InChI=1S/C18H29N/c1-5-8-14-19(15-9-6-2)16(4)18-13-11-10-12-17(18)7-3/h7,10-13,16H,3,5-6,8-9,14-15H2,1-2,4H3. The Kier molecular flexibility index (Phi) is 7.50. The molecule has 1 aromatic carbocycles. The molecule has 0 saturated heterocycles. The lowest BCUT2D eigenvalue weighted by Crippen LogP contribution is -2.29. The molecule has 1 rings (SSSR count). The Hall–Kier alpha value is -1.08. The Labute approximate surface area is 119 Å². The van der Waals surface area contributed by atoms with Gasteiger partial charge in [0, 0.05) is 6.04 Å². The second-order valence-corrected chi connectivity index (χ2v) is 5.25. The van der Waals surface area contributed by atoms with Gasteiger partial charge in [-0.3, -0.25) is 4.90 Å². The van der Waals surface area contributed by atoms with Crippen LogP contribution in [-0.4, -0.2) is 18.0 Å². The zero-order chi connectivity index (χ0) is 14.1. The molecule has 0 aliphatic rings. The van der Waals surface area contributed by atoms with E-state index in [-0.39, 0.29) is 0 Å². The first kappa shape index (κ1) is 16.0. The van der Waals surface area contributed by atoms with Crippen LogP contribution in [0.2, 0.25) is 0 Å². The maximum Gasteiger partial charge on any atom is 0.0325 e. The molecule has 1 aromatic rings. The molecule has 0 aliphatic heterocycles. The van der Waals surface area contributed by atoms with Crippen molar-refractivity contribution in [2.24, 2.45) is 0 Å². The van der Waals surface area contributed by atoms with Gasteiger partial charge in [0.15, 0.2) is 0 Å². The van der Waals surface area contributed by atoms with Crippen molar-refractivity contribution in [2.75, 3.05) is 13.1 Å². The van der Waals surface area contributed by atoms with Crippen molar-refractivity contribution in [3.8, 4) is 0 Å². The molecule has 0 bridgehead atoms. The molecule has 0 aliphatic carbocycles. The Morgan fingerprint density at radius 3 is 2.21 bits per heavy atom. The van der Waals surface area contributed by atoms with Crippen molar-refractivity contribution in [1.82, 2.24) is 4.90 Å². The molecule has 1 unspecified atom stereocenters. The van der Waals surface area contributed by atoms with E-state index in [2.05, 4.69) is 56.5 Å². The molecule has 0 saturated carbocycles. The minimum atomic E-state index is 0.479. The van der Waals surface area contributed by atoms with E-state index in [0.29, 0.717) is 6.04 Å². The summed E-state index contributed by atoms with van der Waals surface area (Å²) in [6, 6.07) is 9.11. The summed E-state index contributed by atoms with van der Waals surface area (Å²) in [6.45, 7) is 13.2. The second kappa shape index (κ2) is 8.92. The van der Waals surface area contributed by atoms with E-state index >= 15 is 0 Å². The number of unbranched alkanes of at least 4 members (excludes halogenated alkanes) is 2. The summed E-state index contributed by atoms with van der Waals surface area (Å²) in [5, 5.41) is 0. The topological polar surface area (TPSA) is 3.24 Å². The zero-order valence-corrected chi connectivity index (χ0v) is 12.9. The molecule has 0 aromatic heterocycles. The van der Waals surface area contributed by atoms with Crippen LogP contribution in [0.5, 0.6) is 0 Å². The van der Waals surface area contributed by atoms with E-state index in [1.54, 1.807) is 0 Å². The van der Waals surface area contributed by atoms with E-state index in [4.69, 9.17) is 0 Å². The Morgan fingerprint density at radius 1 is 1.11 bits per heavy atom. The van der Waals surface area contributed by atoms with Crippen molar-refractivity contribution in [3.05, 3.63) is 42.0 Å². The maximum absolute atomic E-state index is 3.94. The van der Waals surface area contributed by atoms with Crippen molar-refractivity contribution >= 4 is 6.08 Å². The highest BCUT2D eigenvalue weighted by atomic mass is 15.1. The maximum atomic E-state index is 3.94. The van der Waals surface area contributed by atoms with Crippen LogP contribution in [0.3, 0.4) is 0 Å². The Bertz CT molecular complexity index is 362. The van der Waals surface area contributed by atoms with Gasteiger partial charge in [-0.15, -0.1) is 0 Å². The fourth-order valence-corrected chi connectivity index (χ4v) is 2.50. The van der Waals surface area contributed by atoms with Crippen molar-refractivity contribution in [2.45, 2.75) is 52.5 Å². The largest absolute Gasteiger partial charge is 0.297 e. The zero-order valence-electron chi connectivity index (χ0n) is 12.9. The molecule has 106 valence electrons. The lowest BCUT2D eigenvalue weighted by molar-refractivity contribution is 0.204. The van der Waals surface area contributed by atoms with Gasteiger partial charge >= 0.3 is 0 Å². The number of rotatable bonds is 9. The summed E-state index contributed by atoms with van der Waals surface area (Å²) in [4.78, 5) is 2.62. The highest BCUT2D eigenvalue weighted by molar-refractivity contribution is 5.52. The predicted octanol–water partition coefficient (Wildman–Crippen LogP) is 5.29. The predicted molar refractivity (Wildman–Crippen MR) is 86.3 cm³/mol. The van der Waals surface area contributed by atoms with Gasteiger partial charge in [0.2, 0.25) is 0 Å². The van der Waals surface area contributed by atoms with Gasteiger partial charge in [0.25, 0.3) is 0 Å². The minimum absolute atomic E-state index is 0.479. The lowest BCUT2D eigenvalue weighted by Gasteiger charge is -2.30. The summed E-state index contributed by atoms with van der Waals surface area (Å²) < 4.78 is 0. The minimum Gasteiger partial charge on any atom is -0.297 e. The van der Waals surface area contributed by atoms with Gasteiger partial charge in [-0.05, 0) is 44.0 Å². The van der Waals surface area contributed by atoms with Crippen molar-refractivity contribution in [3.63, 3.8) is 0 Å². The molecule has 0 amide bonds. The van der Waals surface area contributed by atoms with E-state index < -0.39 is 0 Å². The molecule has 0 radical (unpaired) electrons. The van der Waals surface area contributed by atoms with Gasteiger partial charge in [-0.2, -0.15) is 0 Å². The van der Waals surface area contributed by atoms with Gasteiger partial charge in [-0.1, -0.05) is 63.6 Å². The summed E-state index contributed by atoms with van der Waals surface area (Å²) in [5.74, 6) is 0. The molecule has 0 N–H and O–H groups in total. The Balaban J connectivity index is 2.83.